The third-order valence-electron chi connectivity index (χ3n) is 2.06. The smallest absolute Gasteiger partial charge is 0.407 e. The van der Waals surface area contributed by atoms with Crippen LogP contribution in [0, 0.1) is 0 Å². The molecule has 0 unspecified atom stereocenters. The monoisotopic (exact) mass is 283 g/mol. The number of carbonyl (C=O) groups excluding carboxylic acids is 1. The number of fused-ring (bicyclic) bond motifs is 1. The number of carbonyl (C=O) groups is 1. The number of alkyl carbamates (subject to hydrolysis) is 1. The van der Waals surface area contributed by atoms with Gasteiger partial charge < -0.3 is 15.0 Å². The minimum absolute atomic E-state index is 0.202. The lowest BCUT2D eigenvalue weighted by molar-refractivity contribution is 0.141. The molecule has 2 N–H and O–H groups in total. The molecule has 16 heavy (non-hydrogen) atoms. The van der Waals surface area contributed by atoms with Crippen LogP contribution in [0.3, 0.4) is 0 Å². The molecule has 0 aliphatic rings. The minimum Gasteiger partial charge on any atom is -0.443 e. The van der Waals surface area contributed by atoms with E-state index in [1.807, 2.05) is 18.2 Å². The van der Waals surface area contributed by atoms with E-state index < -0.39 is 6.09 Å². The number of ether oxygens (including phenoxy) is 1. The maximum Gasteiger partial charge on any atom is 0.407 e. The summed E-state index contributed by atoms with van der Waals surface area (Å²) in [5.41, 5.74) is 2.56. The lowest BCUT2D eigenvalue weighted by Crippen LogP contribution is -2.18. The van der Waals surface area contributed by atoms with Gasteiger partial charge in [0.05, 0.1) is 16.7 Å². The average molecular weight is 284 g/mol. The molecule has 0 saturated carbocycles. The van der Waals surface area contributed by atoms with E-state index in [9.17, 15) is 4.79 Å². The SMILES string of the molecule is CNC(=O)OCc1cc2nc(Br)ccc2[nH]1. The largest absolute Gasteiger partial charge is 0.443 e. The molecule has 0 fully saturated rings. The molecule has 2 rings (SSSR count). The first-order valence-corrected chi connectivity index (χ1v) is 5.47. The molecule has 0 saturated heterocycles. The van der Waals surface area contributed by atoms with E-state index in [0.29, 0.717) is 0 Å². The molecule has 2 aromatic heterocycles. The molecule has 2 aromatic rings. The van der Waals surface area contributed by atoms with E-state index in [1.54, 1.807) is 0 Å². The molecule has 0 aliphatic carbocycles. The third kappa shape index (κ3) is 2.33. The zero-order valence-electron chi connectivity index (χ0n) is 8.58. The van der Waals surface area contributed by atoms with Crippen LogP contribution < -0.4 is 5.32 Å². The summed E-state index contributed by atoms with van der Waals surface area (Å²) < 4.78 is 5.69. The fourth-order valence-corrected chi connectivity index (χ4v) is 1.66. The molecule has 0 radical (unpaired) electrons. The predicted octanol–water partition coefficient (Wildman–Crippen LogP) is 2.18. The summed E-state index contributed by atoms with van der Waals surface area (Å²) in [6.07, 6.45) is -0.451. The first-order valence-electron chi connectivity index (χ1n) is 4.67. The fraction of sp³-hybridized carbons (Fsp3) is 0.200. The fourth-order valence-electron chi connectivity index (χ4n) is 1.33. The molecule has 84 valence electrons. The second-order valence-corrected chi connectivity index (χ2v) is 4.00. The van der Waals surface area contributed by atoms with Crippen molar-refractivity contribution >= 4 is 33.1 Å². The van der Waals surface area contributed by atoms with Crippen LogP contribution >= 0.6 is 15.9 Å². The Balaban J connectivity index is 2.16. The van der Waals surface area contributed by atoms with Gasteiger partial charge in [0.25, 0.3) is 0 Å². The van der Waals surface area contributed by atoms with Gasteiger partial charge in [0.15, 0.2) is 0 Å². The number of halogens is 1. The van der Waals surface area contributed by atoms with Gasteiger partial charge in [-0.3, -0.25) is 0 Å². The lowest BCUT2D eigenvalue weighted by Gasteiger charge is -2.00. The molecule has 6 heteroatoms. The predicted molar refractivity (Wildman–Crippen MR) is 63.0 cm³/mol. The highest BCUT2D eigenvalue weighted by atomic mass is 79.9. The highest BCUT2D eigenvalue weighted by molar-refractivity contribution is 9.10. The van der Waals surface area contributed by atoms with Gasteiger partial charge in [-0.25, -0.2) is 9.78 Å². The maximum atomic E-state index is 10.9. The van der Waals surface area contributed by atoms with Crippen molar-refractivity contribution < 1.29 is 9.53 Å². The van der Waals surface area contributed by atoms with E-state index in [-0.39, 0.29) is 6.61 Å². The van der Waals surface area contributed by atoms with Crippen molar-refractivity contribution in [3.8, 4) is 0 Å². The second kappa shape index (κ2) is 4.52. The highest BCUT2D eigenvalue weighted by Crippen LogP contribution is 2.16. The van der Waals surface area contributed by atoms with Gasteiger partial charge in [-0.1, -0.05) is 0 Å². The molecule has 0 atom stereocenters. The molecule has 0 spiro atoms. The Kier molecular flexibility index (Phi) is 3.09. The van der Waals surface area contributed by atoms with Crippen molar-refractivity contribution in [3.63, 3.8) is 0 Å². The van der Waals surface area contributed by atoms with Gasteiger partial charge in [-0.2, -0.15) is 0 Å². The second-order valence-electron chi connectivity index (χ2n) is 3.19. The number of H-pyrrole nitrogens is 1. The highest BCUT2D eigenvalue weighted by Gasteiger charge is 2.04. The molecule has 0 bridgehead atoms. The van der Waals surface area contributed by atoms with E-state index in [4.69, 9.17) is 4.74 Å². The van der Waals surface area contributed by atoms with Crippen molar-refractivity contribution in [2.75, 3.05) is 7.05 Å². The van der Waals surface area contributed by atoms with Crippen molar-refractivity contribution in [2.45, 2.75) is 6.61 Å². The molecule has 5 nitrogen and oxygen atoms in total. The van der Waals surface area contributed by atoms with Crippen molar-refractivity contribution in [1.29, 1.82) is 0 Å². The normalized spacial score (nSPS) is 10.4. The quantitative estimate of drug-likeness (QED) is 0.831. The Hall–Kier alpha value is -1.56. The van der Waals surface area contributed by atoms with Gasteiger partial charge in [-0.15, -0.1) is 0 Å². The molecular weight excluding hydrogens is 274 g/mol. The number of hydrogen-bond donors (Lipinski definition) is 2. The molecule has 2 heterocycles. The van der Waals surface area contributed by atoms with Crippen LogP contribution in [-0.2, 0) is 11.3 Å². The van der Waals surface area contributed by atoms with Gasteiger partial charge in [0.1, 0.15) is 11.2 Å². The third-order valence-corrected chi connectivity index (χ3v) is 2.50. The van der Waals surface area contributed by atoms with Crippen LogP contribution in [0.1, 0.15) is 5.69 Å². The van der Waals surface area contributed by atoms with Crippen LogP contribution in [-0.4, -0.2) is 23.1 Å². The number of aromatic amines is 1. The minimum atomic E-state index is -0.451. The van der Waals surface area contributed by atoms with Crippen LogP contribution in [0.2, 0.25) is 0 Å². The lowest BCUT2D eigenvalue weighted by atomic mass is 10.4. The first-order chi connectivity index (χ1) is 7.69. The van der Waals surface area contributed by atoms with Crippen LogP contribution in [0.5, 0.6) is 0 Å². The number of nitrogens with zero attached hydrogens (tertiary/aromatic N) is 1. The van der Waals surface area contributed by atoms with E-state index in [2.05, 4.69) is 31.2 Å². The number of amides is 1. The Morgan fingerprint density at radius 1 is 1.62 bits per heavy atom. The van der Waals surface area contributed by atoms with Crippen LogP contribution in [0.15, 0.2) is 22.8 Å². The van der Waals surface area contributed by atoms with Crippen molar-refractivity contribution in [1.82, 2.24) is 15.3 Å². The van der Waals surface area contributed by atoms with Gasteiger partial charge in [0.2, 0.25) is 0 Å². The van der Waals surface area contributed by atoms with E-state index in [0.717, 1.165) is 21.3 Å². The molecule has 0 aromatic carbocycles. The first kappa shape index (κ1) is 10.9. The zero-order chi connectivity index (χ0) is 11.5. The Labute approximate surface area is 100 Å². The Morgan fingerprint density at radius 2 is 2.44 bits per heavy atom. The van der Waals surface area contributed by atoms with Gasteiger partial charge in [-0.05, 0) is 34.1 Å². The van der Waals surface area contributed by atoms with Gasteiger partial charge >= 0.3 is 6.09 Å². The summed E-state index contributed by atoms with van der Waals surface area (Å²) in [4.78, 5) is 18.3. The van der Waals surface area contributed by atoms with Gasteiger partial charge in [0, 0.05) is 7.05 Å². The van der Waals surface area contributed by atoms with E-state index >= 15 is 0 Å². The summed E-state index contributed by atoms with van der Waals surface area (Å²) in [5.74, 6) is 0. The Morgan fingerprint density at radius 3 is 3.19 bits per heavy atom. The summed E-state index contributed by atoms with van der Waals surface area (Å²) in [6.45, 7) is 0.202. The molecule has 0 aliphatic heterocycles. The van der Waals surface area contributed by atoms with Crippen molar-refractivity contribution in [2.24, 2.45) is 0 Å². The number of pyridine rings is 1. The van der Waals surface area contributed by atoms with Crippen LogP contribution in [0.4, 0.5) is 4.79 Å². The van der Waals surface area contributed by atoms with Crippen LogP contribution in [0.25, 0.3) is 11.0 Å². The number of aromatic nitrogens is 2. The standard InChI is InChI=1S/C10H10BrN3O2/c1-12-10(15)16-5-6-4-8-7(13-6)2-3-9(11)14-8/h2-4,13H,5H2,1H3,(H,12,15). The summed E-state index contributed by atoms with van der Waals surface area (Å²) in [5, 5.41) is 2.38. The summed E-state index contributed by atoms with van der Waals surface area (Å²) in [7, 11) is 1.52. The number of rotatable bonds is 2. The Bertz CT molecular complexity index is 524. The van der Waals surface area contributed by atoms with Crippen molar-refractivity contribution in [3.05, 3.63) is 28.5 Å². The summed E-state index contributed by atoms with van der Waals surface area (Å²) in [6, 6.07) is 5.61. The average Bonchev–Trinajstić information content (AvgIpc) is 2.67. The summed E-state index contributed by atoms with van der Waals surface area (Å²) >= 11 is 3.29. The van der Waals surface area contributed by atoms with E-state index in [1.165, 1.54) is 7.05 Å². The zero-order valence-corrected chi connectivity index (χ0v) is 10.2. The number of hydrogen-bond acceptors (Lipinski definition) is 3. The molecule has 1 amide bonds. The maximum absolute atomic E-state index is 10.9. The topological polar surface area (TPSA) is 67.0 Å². The molecular formula is C10H10BrN3O2. The number of nitrogens with one attached hydrogen (secondary N) is 2.